The minimum atomic E-state index is -4.98. The van der Waals surface area contributed by atoms with Crippen LogP contribution in [-0.2, 0) is 65.4 Å². The third-order valence-electron chi connectivity index (χ3n) is 17.8. The van der Waals surface area contributed by atoms with Gasteiger partial charge >= 0.3 is 39.5 Å². The van der Waals surface area contributed by atoms with Crippen molar-refractivity contribution in [2.24, 2.45) is 0 Å². The average Bonchev–Trinajstić information content (AvgIpc) is 0.928. The minimum Gasteiger partial charge on any atom is -0.462 e. The van der Waals surface area contributed by atoms with Crippen molar-refractivity contribution in [3.05, 3.63) is 85.1 Å². The summed E-state index contributed by atoms with van der Waals surface area (Å²) < 4.78 is 68.7. The molecule has 5 unspecified atom stereocenters. The summed E-state index contributed by atoms with van der Waals surface area (Å²) in [5.41, 5.74) is 0. The minimum absolute atomic E-state index is 0.0786. The first-order valence-electron chi connectivity index (χ1n) is 41.8. The van der Waals surface area contributed by atoms with Gasteiger partial charge in [0.25, 0.3) is 0 Å². The third kappa shape index (κ3) is 76.4. The van der Waals surface area contributed by atoms with Crippen molar-refractivity contribution < 1.29 is 80.2 Å². The molecular weight excluding hydrogens is 1350 g/mol. The molecule has 0 aliphatic heterocycles. The van der Waals surface area contributed by atoms with E-state index in [0.29, 0.717) is 25.7 Å². The summed E-state index contributed by atoms with van der Waals surface area (Å²) in [6.07, 6.45) is 81.2. The maximum atomic E-state index is 13.1. The number of allylic oxidation sites excluding steroid dienone is 14. The van der Waals surface area contributed by atoms with E-state index >= 15 is 0 Å². The van der Waals surface area contributed by atoms with E-state index < -0.39 is 97.5 Å². The van der Waals surface area contributed by atoms with Crippen LogP contribution in [0.2, 0.25) is 0 Å². The molecule has 0 rings (SSSR count). The fraction of sp³-hybridized carbons (Fsp3) is 0.788. The zero-order valence-electron chi connectivity index (χ0n) is 66.2. The average molecular weight is 1510 g/mol. The summed E-state index contributed by atoms with van der Waals surface area (Å²) >= 11 is 0. The molecule has 0 amide bonds. The molecule has 0 aliphatic carbocycles. The first-order valence-corrected chi connectivity index (χ1v) is 44.8. The van der Waals surface area contributed by atoms with Crippen molar-refractivity contribution in [1.29, 1.82) is 0 Å². The number of hydrogen-bond donors (Lipinski definition) is 3. The molecule has 5 atom stereocenters. The van der Waals surface area contributed by atoms with Crippen LogP contribution in [0.3, 0.4) is 0 Å². The molecule has 0 aromatic heterocycles. The Balaban J connectivity index is 5.34. The summed E-state index contributed by atoms with van der Waals surface area (Å²) in [6.45, 7) is 4.83. The fourth-order valence-electron chi connectivity index (χ4n) is 11.4. The molecule has 0 spiro atoms. The van der Waals surface area contributed by atoms with E-state index in [2.05, 4.69) is 113 Å². The van der Waals surface area contributed by atoms with Gasteiger partial charge in [0, 0.05) is 25.7 Å². The number of aliphatic hydroxyl groups excluding tert-OH is 1. The molecule has 17 nitrogen and oxygen atoms in total. The van der Waals surface area contributed by atoms with Crippen molar-refractivity contribution in [1.82, 2.24) is 0 Å². The molecule has 0 saturated heterocycles. The predicted molar refractivity (Wildman–Crippen MR) is 427 cm³/mol. The SMILES string of the molecule is CCCCC/C=C\C/C=C\C/C=C\CCCCCCCCC(=O)OCC(COP(=O)(O)OCC(O)COP(=O)(O)OCC(COC(=O)CCCCCCC/C=C\CCCCCCCC)OC(=O)CCCCCCCCCCCCC)OC(=O)CCCCCCCC/C=C\C/C=C\C/C=C\CCCCC. The monoisotopic (exact) mass is 1510 g/mol. The first kappa shape index (κ1) is 100. The number of ether oxygens (including phenoxy) is 4. The van der Waals surface area contributed by atoms with Crippen LogP contribution in [0.1, 0.15) is 374 Å². The van der Waals surface area contributed by atoms with Gasteiger partial charge in [0.15, 0.2) is 12.2 Å². The number of hydrogen-bond acceptors (Lipinski definition) is 15. The van der Waals surface area contributed by atoms with Gasteiger partial charge in [0.2, 0.25) is 0 Å². The van der Waals surface area contributed by atoms with Crippen LogP contribution >= 0.6 is 15.6 Å². The molecule has 0 heterocycles. The predicted octanol–water partition coefficient (Wildman–Crippen LogP) is 24.6. The highest BCUT2D eigenvalue weighted by Crippen LogP contribution is 2.45. The van der Waals surface area contributed by atoms with Gasteiger partial charge in [0.05, 0.1) is 26.4 Å². The van der Waals surface area contributed by atoms with Gasteiger partial charge in [-0.1, -0.05) is 305 Å². The molecule has 19 heteroatoms. The van der Waals surface area contributed by atoms with Crippen LogP contribution in [0.4, 0.5) is 0 Å². The fourth-order valence-corrected chi connectivity index (χ4v) is 13.0. The second kappa shape index (κ2) is 77.4. The molecule has 0 radical (unpaired) electrons. The van der Waals surface area contributed by atoms with Crippen molar-refractivity contribution in [3.8, 4) is 0 Å². The van der Waals surface area contributed by atoms with E-state index in [-0.39, 0.29) is 25.7 Å². The maximum absolute atomic E-state index is 13.1. The number of esters is 4. The normalized spacial score (nSPS) is 14.3. The molecule has 0 saturated carbocycles. The zero-order chi connectivity index (χ0) is 76.0. The summed E-state index contributed by atoms with van der Waals surface area (Å²) in [4.78, 5) is 73.1. The van der Waals surface area contributed by atoms with E-state index in [4.69, 9.17) is 37.0 Å². The molecule has 604 valence electrons. The number of carbonyl (C=O) groups is 4. The Bertz CT molecular complexity index is 2300. The van der Waals surface area contributed by atoms with Gasteiger partial charge in [-0.05, 0) is 128 Å². The Morgan fingerprint density at radius 3 is 0.750 bits per heavy atom. The molecule has 0 bridgehead atoms. The van der Waals surface area contributed by atoms with Crippen LogP contribution in [0.15, 0.2) is 85.1 Å². The summed E-state index contributed by atoms with van der Waals surface area (Å²) in [7, 11) is -9.96. The highest BCUT2D eigenvalue weighted by atomic mass is 31.2. The van der Waals surface area contributed by atoms with Gasteiger partial charge in [-0.2, -0.15) is 0 Å². The van der Waals surface area contributed by atoms with Crippen molar-refractivity contribution in [3.63, 3.8) is 0 Å². The van der Waals surface area contributed by atoms with Crippen LogP contribution < -0.4 is 0 Å². The van der Waals surface area contributed by atoms with E-state index in [1.54, 1.807) is 0 Å². The number of aliphatic hydroxyl groups is 1. The quantitative estimate of drug-likeness (QED) is 0.0169. The number of phosphoric ester groups is 2. The lowest BCUT2D eigenvalue weighted by Crippen LogP contribution is -2.30. The standard InChI is InChI=1S/C85H152O17P2/c1-5-9-13-17-21-25-29-32-35-37-39-41-44-47-51-54-58-62-66-70-83(88)96-76-81(102-85(90)72-68-64-60-56-52-48-45-42-40-38-36-33-30-26-22-18-14-10-6-2)78-100-104(93,94)98-74-79(86)73-97-103(91,92)99-77-80(101-84(89)71-67-63-59-55-49-28-24-20-16-12-8-4)75-95-82(87)69-65-61-57-53-50-46-43-34-31-27-23-19-15-11-7-3/h21-22,25-26,32-36,39-43,79-81,86H,5-20,23-24,27-31,37-38,44-78H2,1-4H3,(H,91,92)(H,93,94)/b25-21-,26-22-,35-32-,36-33-,41-39-,42-40-,43-34-. The molecule has 0 fully saturated rings. The molecule has 0 aliphatic rings. The number of carbonyl (C=O) groups excluding carboxylic acids is 4. The van der Waals surface area contributed by atoms with E-state index in [1.165, 1.54) is 116 Å². The lowest BCUT2D eigenvalue weighted by molar-refractivity contribution is -0.161. The second-order valence-electron chi connectivity index (χ2n) is 28.1. The van der Waals surface area contributed by atoms with Crippen molar-refractivity contribution in [2.45, 2.75) is 393 Å². The van der Waals surface area contributed by atoms with E-state index in [9.17, 15) is 43.2 Å². The topological polar surface area (TPSA) is 237 Å². The second-order valence-corrected chi connectivity index (χ2v) is 31.0. The number of unbranched alkanes of at least 4 members (excludes halogenated alkanes) is 39. The summed E-state index contributed by atoms with van der Waals surface area (Å²) in [6, 6.07) is 0. The van der Waals surface area contributed by atoms with Gasteiger partial charge < -0.3 is 33.8 Å². The summed E-state index contributed by atoms with van der Waals surface area (Å²) in [5.74, 6) is -2.18. The molecule has 104 heavy (non-hydrogen) atoms. The van der Waals surface area contributed by atoms with Crippen LogP contribution in [-0.4, -0.2) is 96.7 Å². The Kier molecular flexibility index (Phi) is 74.6. The van der Waals surface area contributed by atoms with Gasteiger partial charge in [-0.25, -0.2) is 9.13 Å². The number of phosphoric acid groups is 2. The van der Waals surface area contributed by atoms with Gasteiger partial charge in [-0.15, -0.1) is 0 Å². The van der Waals surface area contributed by atoms with Gasteiger partial charge in [0.1, 0.15) is 19.3 Å². The molecular formula is C85H152O17P2. The number of rotatable bonds is 79. The largest absolute Gasteiger partial charge is 0.472 e. The Labute approximate surface area is 634 Å². The molecule has 0 aromatic carbocycles. The smallest absolute Gasteiger partial charge is 0.462 e. The Morgan fingerprint density at radius 1 is 0.269 bits per heavy atom. The Morgan fingerprint density at radius 2 is 0.471 bits per heavy atom. The Hall–Kier alpha value is -3.76. The van der Waals surface area contributed by atoms with Crippen LogP contribution in [0.5, 0.6) is 0 Å². The highest BCUT2D eigenvalue weighted by Gasteiger charge is 2.30. The van der Waals surface area contributed by atoms with E-state index in [1.807, 2.05) is 0 Å². The van der Waals surface area contributed by atoms with Crippen LogP contribution in [0, 0.1) is 0 Å². The maximum Gasteiger partial charge on any atom is 0.472 e. The lowest BCUT2D eigenvalue weighted by atomic mass is 10.1. The van der Waals surface area contributed by atoms with E-state index in [0.717, 1.165) is 180 Å². The van der Waals surface area contributed by atoms with Crippen LogP contribution in [0.25, 0.3) is 0 Å². The lowest BCUT2D eigenvalue weighted by Gasteiger charge is -2.21. The molecule has 3 N–H and O–H groups in total. The zero-order valence-corrected chi connectivity index (χ0v) is 68.0. The third-order valence-corrected chi connectivity index (χ3v) is 19.7. The van der Waals surface area contributed by atoms with Crippen molar-refractivity contribution >= 4 is 39.5 Å². The highest BCUT2D eigenvalue weighted by molar-refractivity contribution is 7.47. The first-order chi connectivity index (χ1) is 50.7. The molecule has 0 aromatic rings. The van der Waals surface area contributed by atoms with Crippen molar-refractivity contribution in [2.75, 3.05) is 39.6 Å². The van der Waals surface area contributed by atoms with Gasteiger partial charge in [-0.3, -0.25) is 37.3 Å². The summed E-state index contributed by atoms with van der Waals surface area (Å²) in [5, 5.41) is 10.6.